The molecule has 8 heteroatoms. The van der Waals surface area contributed by atoms with Crippen molar-refractivity contribution in [3.63, 3.8) is 0 Å². The normalized spacial score (nSPS) is 17.7. The average Bonchev–Trinajstić information content (AvgIpc) is 3.01. The first-order chi connectivity index (χ1) is 21.3. The van der Waals surface area contributed by atoms with Crippen molar-refractivity contribution >= 4 is 45.5 Å². The van der Waals surface area contributed by atoms with Crippen LogP contribution >= 0.6 is 0 Å². The van der Waals surface area contributed by atoms with Gasteiger partial charge in [0.15, 0.2) is 0 Å². The molecule has 0 spiro atoms. The van der Waals surface area contributed by atoms with Gasteiger partial charge in [0.05, 0.1) is 45.5 Å². The van der Waals surface area contributed by atoms with Gasteiger partial charge >= 0.3 is 0 Å². The Labute approximate surface area is 258 Å². The molecule has 1 aliphatic rings. The third-order valence-corrected chi connectivity index (χ3v) is 7.02. The molecule has 0 saturated carbocycles. The number of anilines is 2. The van der Waals surface area contributed by atoms with Gasteiger partial charge in [-0.2, -0.15) is 10.2 Å². The molecular formula is C36H36N8. The van der Waals surface area contributed by atoms with E-state index in [1.54, 1.807) is 0 Å². The Morgan fingerprint density at radius 3 is 1.18 bits per heavy atom. The second-order valence-corrected chi connectivity index (χ2v) is 10.7. The number of rotatable bonds is 4. The number of aliphatic imine (C=N–C) groups is 2. The molecule has 44 heavy (non-hydrogen) atoms. The third-order valence-electron chi connectivity index (χ3n) is 7.02. The van der Waals surface area contributed by atoms with Crippen LogP contribution in [0, 0.1) is 13.8 Å². The number of hydrogen-bond donors (Lipinski definition) is 2. The van der Waals surface area contributed by atoms with Crippen LogP contribution in [-0.2, 0) is 0 Å². The molecule has 0 saturated heterocycles. The minimum absolute atomic E-state index is 0.632. The molecule has 0 fully saturated rings. The van der Waals surface area contributed by atoms with Gasteiger partial charge < -0.3 is 10.6 Å². The fourth-order valence-corrected chi connectivity index (χ4v) is 4.62. The van der Waals surface area contributed by atoms with E-state index < -0.39 is 0 Å². The number of para-hydroxylation sites is 4. The molecule has 0 bridgehead atoms. The van der Waals surface area contributed by atoms with Crippen molar-refractivity contribution in [1.29, 1.82) is 0 Å². The maximum Gasteiger partial charge on any atom is 0.126 e. The Morgan fingerprint density at radius 1 is 0.432 bits per heavy atom. The first-order valence-electron chi connectivity index (χ1n) is 14.5. The van der Waals surface area contributed by atoms with Gasteiger partial charge in [0.1, 0.15) is 11.4 Å². The minimum Gasteiger partial charge on any atom is -0.355 e. The quantitative estimate of drug-likeness (QED) is 0.235. The van der Waals surface area contributed by atoms with Gasteiger partial charge in [0.2, 0.25) is 0 Å². The summed E-state index contributed by atoms with van der Waals surface area (Å²) in [4.78, 5) is 10.0. The standard InChI is InChI=1S/C36H36N8/c1-23-15-19-29(20-16-23)41-43-35-25(3)37-31-11-7-9-13-33(31)39-27(5)36(44-42-30-21-17-24(2)18-22-30)28(6)40-34-14-10-8-12-32(34)38-26(35)4/h7-22,37,40H,1-6H3/b35-25-,36-28-,38-26?,39-27?,43-41?,44-42?. The fourth-order valence-electron chi connectivity index (χ4n) is 4.62. The number of hydrogen-bond acceptors (Lipinski definition) is 8. The zero-order valence-corrected chi connectivity index (χ0v) is 25.9. The van der Waals surface area contributed by atoms with Crippen molar-refractivity contribution in [3.8, 4) is 0 Å². The molecular weight excluding hydrogens is 544 g/mol. The summed E-state index contributed by atoms with van der Waals surface area (Å²) in [5.41, 5.74) is 11.2. The molecule has 220 valence electrons. The first-order valence-corrected chi connectivity index (χ1v) is 14.5. The van der Waals surface area contributed by atoms with Gasteiger partial charge in [0.25, 0.3) is 0 Å². The molecule has 5 rings (SSSR count). The van der Waals surface area contributed by atoms with E-state index in [2.05, 4.69) is 31.1 Å². The predicted octanol–water partition coefficient (Wildman–Crippen LogP) is 11.1. The number of benzene rings is 4. The Balaban J connectivity index is 1.66. The predicted molar refractivity (Wildman–Crippen MR) is 182 cm³/mol. The number of nitrogens with zero attached hydrogens (tertiary/aromatic N) is 6. The molecule has 0 atom stereocenters. The SMILES string of the molecule is CC1=Nc2ccccc2N/C(C)=C(\N=Nc2ccc(C)cc2)C(C)=Nc2ccccc2N/C(C)=C/1N=Nc1ccc(C)cc1. The Morgan fingerprint density at radius 2 is 0.795 bits per heavy atom. The number of fused-ring (bicyclic) bond motifs is 2. The highest BCUT2D eigenvalue weighted by molar-refractivity contribution is 6.03. The van der Waals surface area contributed by atoms with E-state index in [9.17, 15) is 0 Å². The highest BCUT2D eigenvalue weighted by Crippen LogP contribution is 2.32. The summed E-state index contributed by atoms with van der Waals surface area (Å²) in [6.07, 6.45) is 0. The second kappa shape index (κ2) is 13.6. The van der Waals surface area contributed by atoms with Crippen molar-refractivity contribution in [2.24, 2.45) is 30.4 Å². The second-order valence-electron chi connectivity index (χ2n) is 10.7. The number of azo groups is 2. The number of allylic oxidation sites excluding steroid dienone is 4. The van der Waals surface area contributed by atoms with Crippen LogP contribution in [0.5, 0.6) is 0 Å². The molecule has 2 N–H and O–H groups in total. The summed E-state index contributed by atoms with van der Waals surface area (Å²) in [6, 6.07) is 31.6. The smallest absolute Gasteiger partial charge is 0.126 e. The highest BCUT2D eigenvalue weighted by Gasteiger charge is 2.14. The lowest BCUT2D eigenvalue weighted by atomic mass is 10.2. The third kappa shape index (κ3) is 7.46. The molecule has 8 nitrogen and oxygen atoms in total. The van der Waals surface area contributed by atoms with E-state index in [0.29, 0.717) is 22.8 Å². The molecule has 0 radical (unpaired) electrons. The Bertz CT molecular complexity index is 1700. The van der Waals surface area contributed by atoms with Crippen molar-refractivity contribution < 1.29 is 0 Å². The van der Waals surface area contributed by atoms with Crippen LogP contribution in [0.2, 0.25) is 0 Å². The van der Waals surface area contributed by atoms with Crippen molar-refractivity contribution in [1.82, 2.24) is 0 Å². The van der Waals surface area contributed by atoms with Crippen LogP contribution in [0.4, 0.5) is 34.1 Å². The Hall–Kier alpha value is -5.50. The number of aryl methyl sites for hydroxylation is 2. The zero-order chi connectivity index (χ0) is 31.1. The zero-order valence-electron chi connectivity index (χ0n) is 25.9. The van der Waals surface area contributed by atoms with Crippen molar-refractivity contribution in [2.75, 3.05) is 10.6 Å². The van der Waals surface area contributed by atoms with Crippen LogP contribution < -0.4 is 10.6 Å². The molecule has 4 aromatic rings. The van der Waals surface area contributed by atoms with Crippen LogP contribution in [0.15, 0.2) is 150 Å². The molecule has 0 amide bonds. The first kappa shape index (κ1) is 30.0. The summed E-state index contributed by atoms with van der Waals surface area (Å²) < 4.78 is 0. The van der Waals surface area contributed by atoms with E-state index in [4.69, 9.17) is 9.98 Å². The summed E-state index contributed by atoms with van der Waals surface area (Å²) in [5.74, 6) is 0. The number of nitrogens with one attached hydrogen (secondary N) is 2. The van der Waals surface area contributed by atoms with Crippen LogP contribution in [0.1, 0.15) is 38.8 Å². The highest BCUT2D eigenvalue weighted by atomic mass is 15.1. The minimum atomic E-state index is 0.632. The summed E-state index contributed by atoms with van der Waals surface area (Å²) in [5, 5.41) is 25.5. The van der Waals surface area contributed by atoms with E-state index in [0.717, 1.165) is 56.6 Å². The van der Waals surface area contributed by atoms with E-state index in [1.807, 2.05) is 139 Å². The fraction of sp³-hybridized carbons (Fsp3) is 0.167. The van der Waals surface area contributed by atoms with Crippen molar-refractivity contribution in [3.05, 3.63) is 131 Å². The van der Waals surface area contributed by atoms with Gasteiger partial charge in [-0.15, -0.1) is 10.2 Å². The summed E-state index contributed by atoms with van der Waals surface area (Å²) in [7, 11) is 0. The lowest BCUT2D eigenvalue weighted by Gasteiger charge is -2.16. The monoisotopic (exact) mass is 580 g/mol. The molecule has 0 aromatic heterocycles. The lowest BCUT2D eigenvalue weighted by molar-refractivity contribution is 1.13. The van der Waals surface area contributed by atoms with E-state index in [-0.39, 0.29) is 0 Å². The van der Waals surface area contributed by atoms with Crippen molar-refractivity contribution in [2.45, 2.75) is 41.5 Å². The molecule has 1 heterocycles. The average molecular weight is 581 g/mol. The van der Waals surface area contributed by atoms with Gasteiger partial charge in [-0.05, 0) is 90.1 Å². The lowest BCUT2D eigenvalue weighted by Crippen LogP contribution is -2.08. The van der Waals surface area contributed by atoms with E-state index in [1.165, 1.54) is 0 Å². The molecule has 1 aliphatic heterocycles. The Kier molecular flexibility index (Phi) is 9.30. The van der Waals surface area contributed by atoms with E-state index >= 15 is 0 Å². The molecule has 0 aliphatic carbocycles. The molecule has 0 unspecified atom stereocenters. The van der Waals surface area contributed by atoms with Crippen LogP contribution in [0.3, 0.4) is 0 Å². The maximum absolute atomic E-state index is 5.02. The summed E-state index contributed by atoms with van der Waals surface area (Å²) in [6.45, 7) is 11.9. The van der Waals surface area contributed by atoms with Crippen LogP contribution in [0.25, 0.3) is 0 Å². The largest absolute Gasteiger partial charge is 0.355 e. The van der Waals surface area contributed by atoms with Gasteiger partial charge in [-0.3, -0.25) is 0 Å². The van der Waals surface area contributed by atoms with Gasteiger partial charge in [-0.25, -0.2) is 9.98 Å². The summed E-state index contributed by atoms with van der Waals surface area (Å²) >= 11 is 0. The van der Waals surface area contributed by atoms with Gasteiger partial charge in [0, 0.05) is 11.4 Å². The van der Waals surface area contributed by atoms with Crippen LogP contribution in [-0.4, -0.2) is 11.4 Å². The maximum atomic E-state index is 5.02. The van der Waals surface area contributed by atoms with Gasteiger partial charge in [-0.1, -0.05) is 59.7 Å². The molecule has 4 aromatic carbocycles. The topological polar surface area (TPSA) is 98.2 Å².